The third kappa shape index (κ3) is 5.07. The number of pyridine rings is 1. The molecule has 2 aromatic carbocycles. The first-order valence-corrected chi connectivity index (χ1v) is 10.2. The average molecular weight is 466 g/mol. The molecule has 0 spiro atoms. The van der Waals surface area contributed by atoms with E-state index in [9.17, 15) is 28.6 Å². The second-order valence-corrected chi connectivity index (χ2v) is 7.79. The van der Waals surface area contributed by atoms with Gasteiger partial charge in [0.25, 0.3) is 5.56 Å². The molecule has 0 fully saturated rings. The van der Waals surface area contributed by atoms with Gasteiger partial charge in [0, 0.05) is 42.9 Å². The zero-order valence-corrected chi connectivity index (χ0v) is 17.9. The number of H-pyrrole nitrogens is 1. The van der Waals surface area contributed by atoms with Gasteiger partial charge in [0.2, 0.25) is 0 Å². The number of aromatic amines is 1. The lowest BCUT2D eigenvalue weighted by molar-refractivity contribution is 0.108. The Hall–Kier alpha value is -3.01. The molecule has 0 aliphatic rings. The fourth-order valence-corrected chi connectivity index (χ4v) is 3.58. The number of carbonyl (C=O) groups is 1. The molecule has 0 unspecified atom stereocenters. The Morgan fingerprint density at radius 2 is 1.88 bits per heavy atom. The second-order valence-electron chi connectivity index (χ2n) is 7.38. The van der Waals surface area contributed by atoms with Crippen LogP contribution in [0.4, 0.5) is 19.3 Å². The van der Waals surface area contributed by atoms with Gasteiger partial charge in [-0.25, -0.2) is 13.6 Å². The van der Waals surface area contributed by atoms with Gasteiger partial charge in [0.1, 0.15) is 11.6 Å². The number of nitrogens with one attached hydrogen (secondary N) is 2. The Labute approximate surface area is 187 Å². The summed E-state index contributed by atoms with van der Waals surface area (Å²) in [5.41, 5.74) is 0.290. The maximum Gasteiger partial charge on any atom is 0.322 e. The first-order valence-electron chi connectivity index (χ1n) is 9.80. The van der Waals surface area contributed by atoms with E-state index in [-0.39, 0.29) is 35.9 Å². The van der Waals surface area contributed by atoms with Crippen molar-refractivity contribution in [2.75, 3.05) is 25.1 Å². The van der Waals surface area contributed by atoms with Crippen molar-refractivity contribution >= 4 is 34.1 Å². The summed E-state index contributed by atoms with van der Waals surface area (Å²) in [4.78, 5) is 29.2. The molecule has 1 aromatic heterocycles. The largest absolute Gasteiger partial charge is 0.396 e. The molecule has 170 valence electrons. The lowest BCUT2D eigenvalue weighted by Gasteiger charge is -2.32. The number of carbonyl (C=O) groups excluding carboxylic acids is 1. The van der Waals surface area contributed by atoms with Crippen LogP contribution in [0.3, 0.4) is 0 Å². The number of aliphatic hydroxyl groups is 2. The molecule has 1 atom stereocenters. The molecule has 0 bridgehead atoms. The Morgan fingerprint density at radius 3 is 2.53 bits per heavy atom. The molecular formula is C22H22ClF2N3O4. The normalized spacial score (nSPS) is 12.2. The molecule has 3 aromatic rings. The maximum absolute atomic E-state index is 13.9. The number of halogens is 3. The van der Waals surface area contributed by atoms with Crippen molar-refractivity contribution in [1.82, 2.24) is 9.88 Å². The molecule has 2 amide bonds. The number of hydrogen-bond donors (Lipinski definition) is 4. The Kier molecular flexibility index (Phi) is 7.44. The highest BCUT2D eigenvalue weighted by Gasteiger charge is 2.26. The van der Waals surface area contributed by atoms with Gasteiger partial charge >= 0.3 is 6.03 Å². The number of amides is 2. The van der Waals surface area contributed by atoms with Gasteiger partial charge < -0.3 is 25.4 Å². The van der Waals surface area contributed by atoms with E-state index in [1.165, 1.54) is 41.4 Å². The van der Waals surface area contributed by atoms with Gasteiger partial charge in [-0.2, -0.15) is 0 Å². The van der Waals surface area contributed by atoms with Gasteiger partial charge in [-0.1, -0.05) is 11.6 Å². The number of aromatic nitrogens is 1. The summed E-state index contributed by atoms with van der Waals surface area (Å²) < 4.78 is 27.4. The smallest absolute Gasteiger partial charge is 0.322 e. The quantitative estimate of drug-likeness (QED) is 0.427. The van der Waals surface area contributed by atoms with Crippen LogP contribution in [0.2, 0.25) is 5.02 Å². The van der Waals surface area contributed by atoms with E-state index < -0.39 is 35.2 Å². The zero-order valence-electron chi connectivity index (χ0n) is 17.1. The standard InChI is InChI=1S/C22H22ClF2N3O4/c1-12(18-8-26-21(31)16-4-2-14(24)6-17(16)18)28(9-13(10-29)11-30)22(32)27-15-3-5-20(25)19(23)7-15/h2-8,12-13,29-30H,9-11H2,1H3,(H,26,31)(H,27,32)/t12-/m1/s1. The van der Waals surface area contributed by atoms with Crippen molar-refractivity contribution < 1.29 is 23.8 Å². The van der Waals surface area contributed by atoms with E-state index in [1.54, 1.807) is 6.92 Å². The topological polar surface area (TPSA) is 106 Å². The van der Waals surface area contributed by atoms with Gasteiger partial charge in [0.15, 0.2) is 0 Å². The third-order valence-corrected chi connectivity index (χ3v) is 5.51. The molecule has 7 nitrogen and oxygen atoms in total. The van der Waals surface area contributed by atoms with Gasteiger partial charge in [-0.05, 0) is 54.3 Å². The number of hydrogen-bond acceptors (Lipinski definition) is 4. The summed E-state index contributed by atoms with van der Waals surface area (Å²) in [6.07, 6.45) is 1.40. The molecule has 0 aliphatic carbocycles. The first-order chi connectivity index (χ1) is 15.2. The predicted molar refractivity (Wildman–Crippen MR) is 118 cm³/mol. The maximum atomic E-state index is 13.9. The third-order valence-electron chi connectivity index (χ3n) is 5.22. The van der Waals surface area contributed by atoms with Crippen molar-refractivity contribution in [3.8, 4) is 0 Å². The van der Waals surface area contributed by atoms with Gasteiger partial charge in [-0.3, -0.25) is 4.79 Å². The minimum atomic E-state index is -0.701. The van der Waals surface area contributed by atoms with Crippen LogP contribution in [0.5, 0.6) is 0 Å². The summed E-state index contributed by atoms with van der Waals surface area (Å²) in [5, 5.41) is 22.1. The summed E-state index contributed by atoms with van der Waals surface area (Å²) >= 11 is 5.78. The van der Waals surface area contributed by atoms with Crippen molar-refractivity contribution in [3.63, 3.8) is 0 Å². The van der Waals surface area contributed by atoms with Crippen molar-refractivity contribution in [3.05, 3.63) is 75.2 Å². The number of nitrogens with zero attached hydrogens (tertiary/aromatic N) is 1. The van der Waals surface area contributed by atoms with Crippen LogP contribution in [0.15, 0.2) is 47.4 Å². The van der Waals surface area contributed by atoms with Crippen LogP contribution in [0.1, 0.15) is 18.5 Å². The zero-order chi connectivity index (χ0) is 23.4. The van der Waals surface area contributed by atoms with Crippen molar-refractivity contribution in [1.29, 1.82) is 0 Å². The fraction of sp³-hybridized carbons (Fsp3) is 0.273. The number of aliphatic hydroxyl groups excluding tert-OH is 2. The number of anilines is 1. The summed E-state index contributed by atoms with van der Waals surface area (Å²) in [7, 11) is 0. The monoisotopic (exact) mass is 465 g/mol. The Balaban J connectivity index is 2.01. The van der Waals surface area contributed by atoms with E-state index in [2.05, 4.69) is 10.3 Å². The lowest BCUT2D eigenvalue weighted by atomic mass is 10.00. The fourth-order valence-electron chi connectivity index (χ4n) is 3.40. The second kappa shape index (κ2) is 10.1. The summed E-state index contributed by atoms with van der Waals surface area (Å²) in [6.45, 7) is 0.860. The van der Waals surface area contributed by atoms with E-state index in [0.29, 0.717) is 10.9 Å². The van der Waals surface area contributed by atoms with Gasteiger partial charge in [-0.15, -0.1) is 0 Å². The molecule has 3 rings (SSSR count). The van der Waals surface area contributed by atoms with Crippen LogP contribution in [-0.4, -0.2) is 45.9 Å². The Bertz CT molecular complexity index is 1180. The van der Waals surface area contributed by atoms with Crippen molar-refractivity contribution in [2.24, 2.45) is 5.92 Å². The highest BCUT2D eigenvalue weighted by molar-refractivity contribution is 6.31. The van der Waals surface area contributed by atoms with E-state index >= 15 is 0 Å². The molecule has 0 saturated carbocycles. The van der Waals surface area contributed by atoms with Crippen LogP contribution in [-0.2, 0) is 0 Å². The first kappa shape index (κ1) is 23.6. The summed E-state index contributed by atoms with van der Waals surface area (Å²) in [5.74, 6) is -1.83. The van der Waals surface area contributed by atoms with Gasteiger partial charge in [0.05, 0.1) is 11.1 Å². The van der Waals surface area contributed by atoms with E-state index in [0.717, 1.165) is 6.07 Å². The van der Waals surface area contributed by atoms with Crippen LogP contribution >= 0.6 is 11.6 Å². The Morgan fingerprint density at radius 1 is 1.16 bits per heavy atom. The minimum Gasteiger partial charge on any atom is -0.396 e. The molecule has 0 radical (unpaired) electrons. The molecule has 1 heterocycles. The predicted octanol–water partition coefficient (Wildman–Crippen LogP) is 3.66. The van der Waals surface area contributed by atoms with E-state index in [4.69, 9.17) is 11.6 Å². The molecule has 4 N–H and O–H groups in total. The van der Waals surface area contributed by atoms with Crippen LogP contribution in [0, 0.1) is 17.6 Å². The lowest BCUT2D eigenvalue weighted by Crippen LogP contribution is -2.42. The number of rotatable bonds is 7. The molecular weight excluding hydrogens is 444 g/mol. The highest BCUT2D eigenvalue weighted by atomic mass is 35.5. The van der Waals surface area contributed by atoms with E-state index in [1.807, 2.05) is 0 Å². The number of fused-ring (bicyclic) bond motifs is 1. The van der Waals surface area contributed by atoms with Crippen molar-refractivity contribution in [2.45, 2.75) is 13.0 Å². The molecule has 0 aliphatic heterocycles. The van der Waals surface area contributed by atoms with Crippen LogP contribution in [0.25, 0.3) is 10.8 Å². The number of urea groups is 1. The highest BCUT2D eigenvalue weighted by Crippen LogP contribution is 2.28. The SMILES string of the molecule is C[C@H](c1c[nH]c(=O)c2ccc(F)cc12)N(CC(CO)CO)C(=O)Nc1ccc(F)c(Cl)c1. The average Bonchev–Trinajstić information content (AvgIpc) is 2.77. The molecule has 0 saturated heterocycles. The minimum absolute atomic E-state index is 0.0507. The number of benzene rings is 2. The summed E-state index contributed by atoms with van der Waals surface area (Å²) in [6, 6.07) is 6.10. The molecule has 10 heteroatoms. The van der Waals surface area contributed by atoms with Crippen LogP contribution < -0.4 is 10.9 Å². The molecule has 32 heavy (non-hydrogen) atoms.